The van der Waals surface area contributed by atoms with Crippen molar-refractivity contribution in [1.29, 1.82) is 0 Å². The SMILES string of the molecule is Cc1cccc(O[C@@H](C)C(=O)NNC(=O)/C=C/c2ccccc2[N+](=O)[O-])c1C. The van der Waals surface area contributed by atoms with E-state index in [9.17, 15) is 19.7 Å². The summed E-state index contributed by atoms with van der Waals surface area (Å²) in [6.45, 7) is 5.40. The Labute approximate surface area is 162 Å². The summed E-state index contributed by atoms with van der Waals surface area (Å²) in [5.41, 5.74) is 6.61. The number of benzene rings is 2. The molecule has 2 amide bonds. The summed E-state index contributed by atoms with van der Waals surface area (Å²) in [4.78, 5) is 34.4. The van der Waals surface area contributed by atoms with Gasteiger partial charge in [0, 0.05) is 12.1 Å². The highest BCUT2D eigenvalue weighted by atomic mass is 16.6. The van der Waals surface area contributed by atoms with Crippen LogP contribution in [-0.2, 0) is 9.59 Å². The number of hydrazine groups is 1. The third-order valence-corrected chi connectivity index (χ3v) is 4.08. The molecular weight excluding hydrogens is 362 g/mol. The van der Waals surface area contributed by atoms with E-state index < -0.39 is 22.8 Å². The Kier molecular flexibility index (Phi) is 6.86. The smallest absolute Gasteiger partial charge is 0.279 e. The molecule has 2 aromatic rings. The van der Waals surface area contributed by atoms with Crippen LogP contribution in [0.25, 0.3) is 6.08 Å². The van der Waals surface area contributed by atoms with Crippen molar-refractivity contribution in [3.8, 4) is 5.75 Å². The summed E-state index contributed by atoms with van der Waals surface area (Å²) in [5.74, 6) is -0.580. The predicted octanol–water partition coefficient (Wildman–Crippen LogP) is 2.84. The van der Waals surface area contributed by atoms with Gasteiger partial charge in [0.25, 0.3) is 17.5 Å². The fourth-order valence-corrected chi connectivity index (χ4v) is 2.32. The van der Waals surface area contributed by atoms with Crippen LogP contribution in [0.4, 0.5) is 5.69 Å². The summed E-state index contributed by atoms with van der Waals surface area (Å²) in [6.07, 6.45) is 1.56. The maximum atomic E-state index is 12.1. The van der Waals surface area contributed by atoms with Crippen LogP contribution < -0.4 is 15.6 Å². The second-order valence-corrected chi connectivity index (χ2v) is 6.09. The number of ether oxygens (including phenoxy) is 1. The fourth-order valence-electron chi connectivity index (χ4n) is 2.32. The summed E-state index contributed by atoms with van der Waals surface area (Å²) in [6, 6.07) is 11.5. The van der Waals surface area contributed by atoms with Crippen LogP contribution in [-0.4, -0.2) is 22.8 Å². The normalized spacial score (nSPS) is 11.7. The molecule has 8 nitrogen and oxygen atoms in total. The molecule has 0 spiro atoms. The second kappa shape index (κ2) is 9.31. The third kappa shape index (κ3) is 5.41. The van der Waals surface area contributed by atoms with Gasteiger partial charge in [-0.05, 0) is 50.1 Å². The molecule has 0 aliphatic heterocycles. The Morgan fingerprint density at radius 2 is 1.82 bits per heavy atom. The first-order chi connectivity index (χ1) is 13.3. The van der Waals surface area contributed by atoms with Crippen molar-refractivity contribution < 1.29 is 19.2 Å². The molecule has 2 aromatic carbocycles. The number of carbonyl (C=O) groups excluding carboxylic acids is 2. The van der Waals surface area contributed by atoms with Gasteiger partial charge in [0.1, 0.15) is 5.75 Å². The number of rotatable bonds is 6. The van der Waals surface area contributed by atoms with Crippen LogP contribution in [0.15, 0.2) is 48.5 Å². The van der Waals surface area contributed by atoms with Gasteiger partial charge >= 0.3 is 0 Å². The molecule has 0 aliphatic carbocycles. The first-order valence-electron chi connectivity index (χ1n) is 8.53. The van der Waals surface area contributed by atoms with Gasteiger partial charge in [-0.2, -0.15) is 0 Å². The number of nitrogens with zero attached hydrogens (tertiary/aromatic N) is 1. The molecule has 8 heteroatoms. The van der Waals surface area contributed by atoms with Crippen molar-refractivity contribution in [1.82, 2.24) is 10.9 Å². The van der Waals surface area contributed by atoms with Crippen LogP contribution in [0.2, 0.25) is 0 Å². The Morgan fingerprint density at radius 1 is 1.11 bits per heavy atom. The summed E-state index contributed by atoms with van der Waals surface area (Å²) in [7, 11) is 0. The molecule has 28 heavy (non-hydrogen) atoms. The molecule has 0 bridgehead atoms. The van der Waals surface area contributed by atoms with Crippen LogP contribution in [0.3, 0.4) is 0 Å². The minimum atomic E-state index is -0.833. The highest BCUT2D eigenvalue weighted by Crippen LogP contribution is 2.21. The van der Waals surface area contributed by atoms with Crippen molar-refractivity contribution in [3.63, 3.8) is 0 Å². The minimum absolute atomic E-state index is 0.119. The highest BCUT2D eigenvalue weighted by molar-refractivity contribution is 5.94. The quantitative estimate of drug-likeness (QED) is 0.453. The molecule has 0 radical (unpaired) electrons. The van der Waals surface area contributed by atoms with Gasteiger partial charge in [-0.25, -0.2) is 0 Å². The Balaban J connectivity index is 1.91. The largest absolute Gasteiger partial charge is 0.481 e. The molecule has 0 aromatic heterocycles. The lowest BCUT2D eigenvalue weighted by Gasteiger charge is -2.17. The lowest BCUT2D eigenvalue weighted by molar-refractivity contribution is -0.385. The zero-order valence-corrected chi connectivity index (χ0v) is 15.8. The van der Waals surface area contributed by atoms with Gasteiger partial charge in [0.05, 0.1) is 10.5 Å². The molecule has 2 rings (SSSR count). The number of carbonyl (C=O) groups is 2. The Hall–Kier alpha value is -3.68. The molecular formula is C20H21N3O5. The molecule has 0 fully saturated rings. The van der Waals surface area contributed by atoms with Crippen molar-refractivity contribution in [3.05, 3.63) is 75.3 Å². The van der Waals surface area contributed by atoms with Crippen molar-refractivity contribution in [2.45, 2.75) is 26.9 Å². The van der Waals surface area contributed by atoms with Crippen molar-refractivity contribution >= 4 is 23.6 Å². The number of amides is 2. The van der Waals surface area contributed by atoms with E-state index in [0.29, 0.717) is 5.75 Å². The van der Waals surface area contributed by atoms with Crippen LogP contribution in [0, 0.1) is 24.0 Å². The van der Waals surface area contributed by atoms with Gasteiger partial charge in [-0.3, -0.25) is 30.6 Å². The van der Waals surface area contributed by atoms with E-state index in [1.807, 2.05) is 26.0 Å². The number of nitro benzene ring substituents is 1. The van der Waals surface area contributed by atoms with Crippen LogP contribution in [0.1, 0.15) is 23.6 Å². The minimum Gasteiger partial charge on any atom is -0.481 e. The molecule has 0 aliphatic rings. The average Bonchev–Trinajstić information content (AvgIpc) is 2.68. The number of nitrogens with one attached hydrogen (secondary N) is 2. The number of nitro groups is 1. The number of aryl methyl sites for hydroxylation is 1. The van der Waals surface area contributed by atoms with Crippen LogP contribution >= 0.6 is 0 Å². The fraction of sp³-hybridized carbons (Fsp3) is 0.200. The molecule has 0 saturated carbocycles. The van der Waals surface area contributed by atoms with E-state index in [1.54, 1.807) is 19.1 Å². The molecule has 1 atom stereocenters. The maximum Gasteiger partial charge on any atom is 0.279 e. The number of hydrogen-bond acceptors (Lipinski definition) is 5. The first kappa shape index (κ1) is 20.6. The van der Waals surface area contributed by atoms with Gasteiger partial charge in [0.2, 0.25) is 0 Å². The summed E-state index contributed by atoms with van der Waals surface area (Å²) >= 11 is 0. The van der Waals surface area contributed by atoms with E-state index in [-0.39, 0.29) is 11.3 Å². The molecule has 2 N–H and O–H groups in total. The molecule has 0 unspecified atom stereocenters. The summed E-state index contributed by atoms with van der Waals surface area (Å²) < 4.78 is 5.64. The zero-order chi connectivity index (χ0) is 20.7. The lowest BCUT2D eigenvalue weighted by atomic mass is 10.1. The third-order valence-electron chi connectivity index (χ3n) is 4.08. The zero-order valence-electron chi connectivity index (χ0n) is 15.8. The van der Waals surface area contributed by atoms with Crippen molar-refractivity contribution in [2.75, 3.05) is 0 Å². The monoisotopic (exact) mass is 383 g/mol. The highest BCUT2D eigenvalue weighted by Gasteiger charge is 2.16. The molecule has 0 saturated heterocycles. The maximum absolute atomic E-state index is 12.1. The Bertz CT molecular complexity index is 924. The van der Waals surface area contributed by atoms with E-state index >= 15 is 0 Å². The lowest BCUT2D eigenvalue weighted by Crippen LogP contribution is -2.46. The van der Waals surface area contributed by atoms with Gasteiger partial charge in [-0.15, -0.1) is 0 Å². The van der Waals surface area contributed by atoms with E-state index in [0.717, 1.165) is 17.2 Å². The summed E-state index contributed by atoms with van der Waals surface area (Å²) in [5, 5.41) is 11.0. The predicted molar refractivity (Wildman–Crippen MR) is 104 cm³/mol. The van der Waals surface area contributed by atoms with E-state index in [1.165, 1.54) is 24.3 Å². The van der Waals surface area contributed by atoms with E-state index in [4.69, 9.17) is 4.74 Å². The Morgan fingerprint density at radius 3 is 2.54 bits per heavy atom. The number of hydrogen-bond donors (Lipinski definition) is 2. The first-order valence-corrected chi connectivity index (χ1v) is 8.53. The molecule has 0 heterocycles. The van der Waals surface area contributed by atoms with Crippen molar-refractivity contribution in [2.24, 2.45) is 0 Å². The van der Waals surface area contributed by atoms with Gasteiger partial charge in [-0.1, -0.05) is 24.3 Å². The van der Waals surface area contributed by atoms with Gasteiger partial charge in [0.15, 0.2) is 6.10 Å². The van der Waals surface area contributed by atoms with E-state index in [2.05, 4.69) is 10.9 Å². The standard InChI is InChI=1S/C20H21N3O5/c1-13-7-6-10-18(14(13)2)28-15(3)20(25)22-21-19(24)12-11-16-8-4-5-9-17(16)23(26)27/h4-12,15H,1-3H3,(H,21,24)(H,22,25)/b12-11+/t15-/m0/s1. The second-order valence-electron chi connectivity index (χ2n) is 6.09. The van der Waals surface area contributed by atoms with Crippen LogP contribution in [0.5, 0.6) is 5.75 Å². The number of para-hydroxylation sites is 1. The average molecular weight is 383 g/mol. The molecule has 146 valence electrons. The topological polar surface area (TPSA) is 111 Å². The van der Waals surface area contributed by atoms with Gasteiger partial charge < -0.3 is 4.74 Å².